The molecule has 0 radical (unpaired) electrons. The Balaban J connectivity index is 1.03. The first-order chi connectivity index (χ1) is 26.5. The van der Waals surface area contributed by atoms with E-state index < -0.39 is 12.3 Å². The second kappa shape index (κ2) is 17.5. The molecule has 2 unspecified atom stereocenters. The van der Waals surface area contributed by atoms with Gasteiger partial charge in [-0.05, 0) is 60.4 Å². The second-order valence-corrected chi connectivity index (χ2v) is 14.5. The van der Waals surface area contributed by atoms with Crippen LogP contribution in [-0.2, 0) is 16.0 Å². The molecule has 0 aromatic heterocycles. The summed E-state index contributed by atoms with van der Waals surface area (Å²) in [4.78, 5) is 43.6. The smallest absolute Gasteiger partial charge is 0.234 e. The van der Waals surface area contributed by atoms with Gasteiger partial charge in [0.1, 0.15) is 0 Å². The van der Waals surface area contributed by atoms with Gasteiger partial charge in [-0.25, -0.2) is 20.0 Å². The summed E-state index contributed by atoms with van der Waals surface area (Å²) in [7, 11) is 0. The SMILES string of the molecule is Cc1cccc(C2N=C(N)NC(SCC(=O)Nc3ccc(Cc4ccc(NC(=O)CSC5=NC(c6cccc(C)c6)N=C(N)N5)cc4C#N)c(C#N)c3)=N2)c1. The number of nitriles is 2. The van der Waals surface area contributed by atoms with Crippen molar-refractivity contribution in [3.05, 3.63) is 129 Å². The van der Waals surface area contributed by atoms with Crippen LogP contribution in [-0.4, -0.2) is 45.6 Å². The fraction of sp³-hybridized carbons (Fsp3) is 0.179. The van der Waals surface area contributed by atoms with Gasteiger partial charge < -0.3 is 32.7 Å². The number of aliphatic imine (C=N–C) groups is 4. The number of carbonyl (C=O) groups is 2. The normalized spacial score (nSPS) is 16.1. The molecule has 2 aliphatic rings. The van der Waals surface area contributed by atoms with Crippen LogP contribution in [0.25, 0.3) is 0 Å². The number of anilines is 2. The maximum Gasteiger partial charge on any atom is 0.234 e. The Morgan fingerprint density at radius 2 is 1.11 bits per heavy atom. The zero-order valence-corrected chi connectivity index (χ0v) is 31.5. The van der Waals surface area contributed by atoms with E-state index in [1.54, 1.807) is 36.4 Å². The zero-order valence-electron chi connectivity index (χ0n) is 29.8. The van der Waals surface area contributed by atoms with Gasteiger partial charge in [-0.3, -0.25) is 9.59 Å². The number of guanidine groups is 2. The van der Waals surface area contributed by atoms with Crippen LogP contribution in [0.15, 0.2) is 105 Å². The highest BCUT2D eigenvalue weighted by Gasteiger charge is 2.20. The number of nitrogens with one attached hydrogen (secondary N) is 4. The monoisotopic (exact) mass is 768 g/mol. The highest BCUT2D eigenvalue weighted by atomic mass is 32.2. The molecule has 55 heavy (non-hydrogen) atoms. The van der Waals surface area contributed by atoms with Gasteiger partial charge in [-0.2, -0.15) is 10.5 Å². The third-order valence-corrected chi connectivity index (χ3v) is 10.0. The second-order valence-electron chi connectivity index (χ2n) is 12.5. The van der Waals surface area contributed by atoms with Crippen molar-refractivity contribution >= 4 is 69.0 Å². The van der Waals surface area contributed by atoms with Crippen molar-refractivity contribution < 1.29 is 9.59 Å². The lowest BCUT2D eigenvalue weighted by Crippen LogP contribution is -2.39. The minimum Gasteiger partial charge on any atom is -0.370 e. The highest BCUT2D eigenvalue weighted by molar-refractivity contribution is 8.14. The number of amidine groups is 2. The van der Waals surface area contributed by atoms with E-state index in [1.165, 1.54) is 23.5 Å². The van der Waals surface area contributed by atoms with Gasteiger partial charge in [0.05, 0.1) is 34.8 Å². The topological polar surface area (TPSA) is 231 Å². The summed E-state index contributed by atoms with van der Waals surface area (Å²) in [5, 5.41) is 32.3. The van der Waals surface area contributed by atoms with E-state index in [2.05, 4.69) is 53.4 Å². The van der Waals surface area contributed by atoms with E-state index in [0.717, 1.165) is 22.3 Å². The van der Waals surface area contributed by atoms with Crippen LogP contribution in [0.5, 0.6) is 0 Å². The quantitative estimate of drug-likeness (QED) is 0.127. The number of amides is 2. The van der Waals surface area contributed by atoms with Gasteiger partial charge in [0.25, 0.3) is 0 Å². The number of hydrogen-bond donors (Lipinski definition) is 6. The number of carbonyl (C=O) groups excluding carboxylic acids is 2. The fourth-order valence-corrected chi connectivity index (χ4v) is 7.07. The Hall–Kier alpha value is -6.62. The largest absolute Gasteiger partial charge is 0.370 e. The lowest BCUT2D eigenvalue weighted by Gasteiger charge is -2.19. The molecule has 8 N–H and O–H groups in total. The van der Waals surface area contributed by atoms with Crippen LogP contribution in [0.1, 0.15) is 56.8 Å². The minimum atomic E-state index is -0.506. The Bertz CT molecular complexity index is 2200. The maximum atomic E-state index is 12.9. The average molecular weight is 769 g/mol. The molecule has 4 aromatic rings. The summed E-state index contributed by atoms with van der Waals surface area (Å²) >= 11 is 2.38. The van der Waals surface area contributed by atoms with E-state index in [-0.39, 0.29) is 41.7 Å². The van der Waals surface area contributed by atoms with Crippen molar-refractivity contribution in [2.45, 2.75) is 32.6 Å². The van der Waals surface area contributed by atoms with E-state index in [1.807, 2.05) is 62.4 Å². The van der Waals surface area contributed by atoms with Crippen molar-refractivity contribution in [1.82, 2.24) is 10.6 Å². The number of thioether (sulfide) groups is 2. The molecular weight excluding hydrogens is 733 g/mol. The van der Waals surface area contributed by atoms with Crippen LogP contribution in [0.2, 0.25) is 0 Å². The van der Waals surface area contributed by atoms with Crippen LogP contribution < -0.4 is 32.7 Å². The van der Waals surface area contributed by atoms with Crippen LogP contribution in [0.4, 0.5) is 11.4 Å². The first kappa shape index (κ1) is 38.1. The molecule has 276 valence electrons. The molecule has 2 heterocycles. The van der Waals surface area contributed by atoms with Gasteiger partial charge in [-0.1, -0.05) is 95.3 Å². The average Bonchev–Trinajstić information content (AvgIpc) is 3.17. The summed E-state index contributed by atoms with van der Waals surface area (Å²) in [6, 6.07) is 30.1. The molecule has 0 fully saturated rings. The molecule has 2 atom stereocenters. The van der Waals surface area contributed by atoms with Gasteiger partial charge in [0, 0.05) is 17.8 Å². The number of nitrogens with two attached hydrogens (primary N) is 2. The first-order valence-corrected chi connectivity index (χ1v) is 18.9. The van der Waals surface area contributed by atoms with Crippen LogP contribution >= 0.6 is 23.5 Å². The predicted molar refractivity (Wildman–Crippen MR) is 220 cm³/mol. The molecule has 0 saturated heterocycles. The fourth-order valence-electron chi connectivity index (χ4n) is 5.69. The van der Waals surface area contributed by atoms with Crippen molar-refractivity contribution in [3.8, 4) is 12.1 Å². The van der Waals surface area contributed by atoms with Gasteiger partial charge in [-0.15, -0.1) is 0 Å². The Kier molecular flexibility index (Phi) is 12.1. The summed E-state index contributed by atoms with van der Waals surface area (Å²) in [6.07, 6.45) is -0.728. The summed E-state index contributed by atoms with van der Waals surface area (Å²) < 4.78 is 0. The molecule has 0 bridgehead atoms. The molecule has 14 nitrogen and oxygen atoms in total. The molecule has 16 heteroatoms. The van der Waals surface area contributed by atoms with Gasteiger partial charge in [0.2, 0.25) is 11.8 Å². The molecule has 4 aromatic carbocycles. The number of benzene rings is 4. The lowest BCUT2D eigenvalue weighted by atomic mass is 9.96. The summed E-state index contributed by atoms with van der Waals surface area (Å²) in [5.74, 6) is -0.0837. The van der Waals surface area contributed by atoms with Crippen molar-refractivity contribution in [2.75, 3.05) is 22.1 Å². The first-order valence-electron chi connectivity index (χ1n) is 17.0. The number of aryl methyl sites for hydroxylation is 2. The summed E-state index contributed by atoms with van der Waals surface area (Å²) in [6.45, 7) is 3.97. The predicted octanol–water partition coefficient (Wildman–Crippen LogP) is 4.93. The molecule has 0 spiro atoms. The minimum absolute atomic E-state index is 0.0416. The highest BCUT2D eigenvalue weighted by Crippen LogP contribution is 2.27. The summed E-state index contributed by atoms with van der Waals surface area (Å²) in [5.41, 5.74) is 18.9. The van der Waals surface area contributed by atoms with Crippen molar-refractivity contribution in [3.63, 3.8) is 0 Å². The lowest BCUT2D eigenvalue weighted by molar-refractivity contribution is -0.114. The third kappa shape index (κ3) is 10.3. The van der Waals surface area contributed by atoms with E-state index in [0.29, 0.717) is 44.0 Å². The number of rotatable bonds is 10. The van der Waals surface area contributed by atoms with Gasteiger partial charge in [0.15, 0.2) is 34.6 Å². The Labute approximate surface area is 326 Å². The van der Waals surface area contributed by atoms with E-state index >= 15 is 0 Å². The standard InChI is InChI=1S/C39H36N12O2S2/c1-22-5-3-7-26(13-22)34-46-36(42)50-38(48-34)54-20-32(52)44-30-11-9-24(28(16-30)18-40)15-25-10-12-31(17-29(25)19-41)45-33(53)21-55-39-49-35(47-37(43)51-39)27-8-4-6-23(2)14-27/h3-14,16-17,34-35H,15,20-21H2,1-2H3,(H,44,52)(H,45,53)(H3,42,46,48,50)(H3,43,47,49,51). The molecule has 0 aliphatic carbocycles. The maximum absolute atomic E-state index is 12.9. The van der Waals surface area contributed by atoms with Crippen molar-refractivity contribution in [2.24, 2.45) is 31.4 Å². The zero-order chi connectivity index (χ0) is 38.9. The Morgan fingerprint density at radius 3 is 1.51 bits per heavy atom. The third-order valence-electron chi connectivity index (χ3n) is 8.24. The molecule has 6 rings (SSSR count). The molecule has 2 amide bonds. The van der Waals surface area contributed by atoms with Crippen LogP contribution in [0, 0.1) is 36.5 Å². The van der Waals surface area contributed by atoms with E-state index in [4.69, 9.17) is 11.5 Å². The number of nitrogens with zero attached hydrogens (tertiary/aromatic N) is 6. The molecular formula is C39H36N12O2S2. The number of hydrogen-bond acceptors (Lipinski definition) is 14. The van der Waals surface area contributed by atoms with Crippen LogP contribution in [0.3, 0.4) is 0 Å². The Morgan fingerprint density at radius 1 is 0.673 bits per heavy atom. The molecule has 0 saturated carbocycles. The van der Waals surface area contributed by atoms with Gasteiger partial charge >= 0.3 is 0 Å². The molecule has 2 aliphatic heterocycles. The van der Waals surface area contributed by atoms with E-state index in [9.17, 15) is 20.1 Å². The van der Waals surface area contributed by atoms with Crippen molar-refractivity contribution in [1.29, 1.82) is 10.5 Å².